The average molecular weight is 590 g/mol. The van der Waals surface area contributed by atoms with Crippen molar-refractivity contribution in [2.75, 3.05) is 27.0 Å². The Hall–Kier alpha value is -3.90. The van der Waals surface area contributed by atoms with Crippen LogP contribution in [0.15, 0.2) is 60.8 Å². The van der Waals surface area contributed by atoms with Gasteiger partial charge in [0.25, 0.3) is 0 Å². The molecule has 1 saturated heterocycles. The second-order valence-corrected chi connectivity index (χ2v) is 10.9. The van der Waals surface area contributed by atoms with Crippen LogP contribution in [0.3, 0.4) is 0 Å². The normalized spacial score (nSPS) is 20.8. The molecule has 2 aromatic rings. The van der Waals surface area contributed by atoms with Crippen molar-refractivity contribution < 1.29 is 46.9 Å². The Kier molecular flexibility index (Phi) is 10.4. The quantitative estimate of drug-likeness (QED) is 0.153. The molecule has 0 radical (unpaired) electrons. The number of hydrogen-bond acceptors (Lipinski definition) is 10. The van der Waals surface area contributed by atoms with Gasteiger partial charge >= 0.3 is 19.7 Å². The molecule has 41 heavy (non-hydrogen) atoms. The van der Waals surface area contributed by atoms with Crippen LogP contribution in [0.25, 0.3) is 0 Å². The van der Waals surface area contributed by atoms with Crippen LogP contribution in [-0.2, 0) is 34.8 Å². The molecule has 2 aromatic carbocycles. The standard InChI is InChI=1S/C27H32N3O10P/c1-19-13-22(39-26(19)30(11-6-12-31)27(33)28-2)17-38-41(34,40-21-9-10-23-24(14-21)37-18-36-23)29-15-25(32)35-16-20-7-4-3-5-8-20/h3-12,14,19,22,26H,13,15-18H2,1-2H3,(H,28,33)(H,29,34)/b11-6-. The second-order valence-electron chi connectivity index (χ2n) is 9.18. The Balaban J connectivity index is 1.41. The molecular weight excluding hydrogens is 557 g/mol. The largest absolute Gasteiger partial charge is 0.460 e. The van der Waals surface area contributed by atoms with Crippen molar-refractivity contribution >= 4 is 26.0 Å². The molecule has 0 spiro atoms. The summed E-state index contributed by atoms with van der Waals surface area (Å²) in [5, 5.41) is 5.06. The predicted octanol–water partition coefficient (Wildman–Crippen LogP) is 3.36. The summed E-state index contributed by atoms with van der Waals surface area (Å²) >= 11 is 0. The molecular formula is C27H32N3O10P. The first-order valence-electron chi connectivity index (χ1n) is 12.9. The van der Waals surface area contributed by atoms with E-state index in [9.17, 15) is 18.9 Å². The summed E-state index contributed by atoms with van der Waals surface area (Å²) in [6, 6.07) is 13.3. The first kappa shape index (κ1) is 30.1. The molecule has 2 N–H and O–H groups in total. The minimum atomic E-state index is -4.15. The number of benzene rings is 2. The van der Waals surface area contributed by atoms with E-state index in [2.05, 4.69) is 10.4 Å². The lowest BCUT2D eigenvalue weighted by Gasteiger charge is -2.27. The second kappa shape index (κ2) is 14.1. The minimum absolute atomic E-state index is 0.0467. The maximum Gasteiger partial charge on any atom is 0.459 e. The number of nitrogens with zero attached hydrogens (tertiary/aromatic N) is 1. The molecule has 0 bridgehead atoms. The van der Waals surface area contributed by atoms with Crippen molar-refractivity contribution in [3.8, 4) is 17.2 Å². The number of nitrogens with one attached hydrogen (secondary N) is 2. The van der Waals surface area contributed by atoms with Gasteiger partial charge in [0.15, 0.2) is 11.5 Å². The molecule has 2 amide bonds. The summed E-state index contributed by atoms with van der Waals surface area (Å²) in [5.41, 5.74) is 0.799. The number of fused-ring (bicyclic) bond motifs is 1. The van der Waals surface area contributed by atoms with E-state index in [4.69, 9.17) is 28.0 Å². The van der Waals surface area contributed by atoms with Gasteiger partial charge in [-0.05, 0) is 30.2 Å². The van der Waals surface area contributed by atoms with Crippen LogP contribution in [0, 0.1) is 5.92 Å². The number of aldehydes is 1. The SMILES string of the molecule is CNC(=O)N(/C=C\C=O)C1OC(COP(=O)(NCC(=O)OCc2ccccc2)Oc2ccc3c(c2)OCO3)CC1C. The molecule has 0 saturated carbocycles. The summed E-state index contributed by atoms with van der Waals surface area (Å²) < 4.78 is 47.2. The average Bonchev–Trinajstić information content (AvgIpc) is 3.60. The van der Waals surface area contributed by atoms with Crippen LogP contribution in [0.5, 0.6) is 17.2 Å². The van der Waals surface area contributed by atoms with Crippen LogP contribution in [0.2, 0.25) is 0 Å². The van der Waals surface area contributed by atoms with Crippen molar-refractivity contribution in [2.24, 2.45) is 5.92 Å². The van der Waals surface area contributed by atoms with E-state index in [1.54, 1.807) is 6.07 Å². The maximum absolute atomic E-state index is 13.8. The molecule has 14 heteroatoms. The first-order valence-corrected chi connectivity index (χ1v) is 14.4. The number of carbonyl (C=O) groups is 3. The van der Waals surface area contributed by atoms with Gasteiger partial charge in [-0.15, -0.1) is 0 Å². The Labute approximate surface area is 237 Å². The number of urea groups is 1. The minimum Gasteiger partial charge on any atom is -0.460 e. The van der Waals surface area contributed by atoms with Crippen molar-refractivity contribution in [3.05, 3.63) is 66.4 Å². The summed E-state index contributed by atoms with van der Waals surface area (Å²) in [6.07, 6.45) is 2.24. The molecule has 2 aliphatic heterocycles. The molecule has 0 aliphatic carbocycles. The summed E-state index contributed by atoms with van der Waals surface area (Å²) in [5.74, 6) is 0.262. The monoisotopic (exact) mass is 589 g/mol. The fourth-order valence-corrected chi connectivity index (χ4v) is 5.48. The highest BCUT2D eigenvalue weighted by atomic mass is 31.2. The molecule has 220 valence electrons. The molecule has 2 aliphatic rings. The van der Waals surface area contributed by atoms with Crippen LogP contribution >= 0.6 is 7.75 Å². The highest BCUT2D eigenvalue weighted by molar-refractivity contribution is 7.52. The smallest absolute Gasteiger partial charge is 0.459 e. The Morgan fingerprint density at radius 2 is 1.93 bits per heavy atom. The summed E-state index contributed by atoms with van der Waals surface area (Å²) in [7, 11) is -2.69. The molecule has 4 rings (SSSR count). The van der Waals surface area contributed by atoms with E-state index < -0.39 is 38.6 Å². The fraction of sp³-hybridized carbons (Fsp3) is 0.370. The molecule has 1 fully saturated rings. The zero-order valence-electron chi connectivity index (χ0n) is 22.6. The van der Waals surface area contributed by atoms with Gasteiger partial charge < -0.3 is 28.8 Å². The van der Waals surface area contributed by atoms with Crippen molar-refractivity contribution in [3.63, 3.8) is 0 Å². The van der Waals surface area contributed by atoms with E-state index in [1.165, 1.54) is 36.4 Å². The number of esters is 1. The highest BCUT2D eigenvalue weighted by Crippen LogP contribution is 2.47. The van der Waals surface area contributed by atoms with Gasteiger partial charge in [-0.3, -0.25) is 19.0 Å². The van der Waals surface area contributed by atoms with Gasteiger partial charge in [0, 0.05) is 25.2 Å². The first-order chi connectivity index (χ1) is 19.8. The number of amides is 2. The van der Waals surface area contributed by atoms with E-state index in [0.29, 0.717) is 24.2 Å². The van der Waals surface area contributed by atoms with Crippen LogP contribution < -0.4 is 24.4 Å². The Bertz CT molecular complexity index is 1290. The lowest BCUT2D eigenvalue weighted by atomic mass is 10.1. The highest BCUT2D eigenvalue weighted by Gasteiger charge is 2.39. The number of ether oxygens (including phenoxy) is 4. The van der Waals surface area contributed by atoms with E-state index in [0.717, 1.165) is 5.56 Å². The maximum atomic E-state index is 13.8. The van der Waals surface area contributed by atoms with Gasteiger partial charge in [-0.25, -0.2) is 14.4 Å². The topological polar surface area (TPSA) is 151 Å². The molecule has 4 unspecified atom stereocenters. The van der Waals surface area contributed by atoms with E-state index in [1.807, 2.05) is 37.3 Å². The zero-order valence-corrected chi connectivity index (χ0v) is 23.5. The number of allylic oxidation sites excluding steroid dienone is 1. The van der Waals surface area contributed by atoms with Gasteiger partial charge in [-0.2, -0.15) is 0 Å². The van der Waals surface area contributed by atoms with E-state index in [-0.39, 0.29) is 31.7 Å². The predicted molar refractivity (Wildman–Crippen MR) is 145 cm³/mol. The van der Waals surface area contributed by atoms with E-state index >= 15 is 0 Å². The lowest BCUT2D eigenvalue weighted by Crippen LogP contribution is -2.44. The van der Waals surface area contributed by atoms with Gasteiger partial charge in [0.05, 0.1) is 12.7 Å². The van der Waals surface area contributed by atoms with Crippen molar-refractivity contribution in [1.29, 1.82) is 0 Å². The Morgan fingerprint density at radius 3 is 2.68 bits per heavy atom. The third-order valence-electron chi connectivity index (χ3n) is 6.16. The molecule has 0 aromatic heterocycles. The zero-order chi connectivity index (χ0) is 29.2. The van der Waals surface area contributed by atoms with Crippen LogP contribution in [-0.4, -0.2) is 62.5 Å². The van der Waals surface area contributed by atoms with Gasteiger partial charge in [0.2, 0.25) is 6.79 Å². The number of rotatable bonds is 13. The lowest BCUT2D eigenvalue weighted by molar-refractivity contribution is -0.143. The van der Waals surface area contributed by atoms with Crippen molar-refractivity contribution in [2.45, 2.75) is 32.3 Å². The fourth-order valence-electron chi connectivity index (χ4n) is 4.20. The number of hydrogen-bond donors (Lipinski definition) is 2. The Morgan fingerprint density at radius 1 is 1.15 bits per heavy atom. The van der Waals surface area contributed by atoms with Crippen molar-refractivity contribution in [1.82, 2.24) is 15.3 Å². The van der Waals surface area contributed by atoms with Gasteiger partial charge in [0.1, 0.15) is 31.4 Å². The summed E-state index contributed by atoms with van der Waals surface area (Å²) in [6.45, 7) is 1.32. The van der Waals surface area contributed by atoms with Crippen LogP contribution in [0.1, 0.15) is 18.9 Å². The molecule has 13 nitrogen and oxygen atoms in total. The molecule has 4 atom stereocenters. The van der Waals surface area contributed by atoms with Crippen LogP contribution in [0.4, 0.5) is 4.79 Å². The molecule has 2 heterocycles. The third-order valence-corrected chi connectivity index (χ3v) is 7.65. The number of carbonyl (C=O) groups excluding carboxylic acids is 3. The summed E-state index contributed by atoms with van der Waals surface area (Å²) in [4.78, 5) is 36.9. The third kappa shape index (κ3) is 8.30. The van der Waals surface area contributed by atoms with Gasteiger partial charge in [-0.1, -0.05) is 37.3 Å².